The molecular formula is C28H27F3N7O+. The molecule has 0 amide bonds. The molecule has 1 unspecified atom stereocenters. The largest absolute Gasteiger partial charge is 0.412 e. The number of aromatic nitrogens is 5. The summed E-state index contributed by atoms with van der Waals surface area (Å²) in [6, 6.07) is 21.3. The van der Waals surface area contributed by atoms with Crippen molar-refractivity contribution in [2.24, 2.45) is 0 Å². The molecule has 1 atom stereocenters. The van der Waals surface area contributed by atoms with Crippen molar-refractivity contribution in [2.75, 3.05) is 18.8 Å². The molecule has 0 aliphatic rings. The molecule has 0 fully saturated rings. The van der Waals surface area contributed by atoms with Gasteiger partial charge in [0.25, 0.3) is 0 Å². The fourth-order valence-corrected chi connectivity index (χ4v) is 4.77. The van der Waals surface area contributed by atoms with E-state index in [1.54, 1.807) is 30.3 Å². The van der Waals surface area contributed by atoms with Gasteiger partial charge in [0, 0.05) is 23.5 Å². The summed E-state index contributed by atoms with van der Waals surface area (Å²) in [6.07, 6.45) is -4.40. The number of pyridine rings is 1. The highest BCUT2D eigenvalue weighted by Crippen LogP contribution is 2.33. The number of anilines is 1. The summed E-state index contributed by atoms with van der Waals surface area (Å²) in [5.41, 5.74) is 11.1. The zero-order chi connectivity index (χ0) is 27.7. The fraction of sp³-hybridized carbons (Fsp3) is 0.214. The Morgan fingerprint density at radius 2 is 1.59 bits per heavy atom. The number of nitrogens with one attached hydrogen (secondary N) is 2. The second-order valence-electron chi connectivity index (χ2n) is 9.32. The van der Waals surface area contributed by atoms with Gasteiger partial charge in [-0.05, 0) is 37.1 Å². The van der Waals surface area contributed by atoms with Crippen molar-refractivity contribution in [3.8, 4) is 22.4 Å². The smallest absolute Gasteiger partial charge is 0.306 e. The Bertz CT molecular complexity index is 1660. The average molecular weight is 535 g/mol. The number of rotatable bonds is 7. The third-order valence-electron chi connectivity index (χ3n) is 6.34. The van der Waals surface area contributed by atoms with Crippen molar-refractivity contribution in [1.82, 2.24) is 24.5 Å². The molecule has 3 heterocycles. The summed E-state index contributed by atoms with van der Waals surface area (Å²) in [5.74, 6) is 0.0430. The van der Waals surface area contributed by atoms with E-state index < -0.39 is 24.5 Å². The maximum absolute atomic E-state index is 13.8. The quantitative estimate of drug-likeness (QED) is 0.329. The molecule has 5 rings (SSSR count). The number of nitrogen functional groups attached to an aromatic ring is 1. The first-order chi connectivity index (χ1) is 18.6. The van der Waals surface area contributed by atoms with Crippen LogP contribution in [0.4, 0.5) is 19.1 Å². The Hall–Kier alpha value is -4.51. The molecule has 0 radical (unpaired) electrons. The van der Waals surface area contributed by atoms with Gasteiger partial charge < -0.3 is 5.32 Å². The number of nitrogens with zero attached hydrogens (tertiary/aromatic N) is 4. The summed E-state index contributed by atoms with van der Waals surface area (Å²) < 4.78 is 41.3. The molecule has 0 spiro atoms. The fourth-order valence-electron chi connectivity index (χ4n) is 4.77. The van der Waals surface area contributed by atoms with Crippen LogP contribution in [0.15, 0.2) is 77.6 Å². The van der Waals surface area contributed by atoms with E-state index in [2.05, 4.69) is 15.3 Å². The topological polar surface area (TPSA) is 104 Å². The van der Waals surface area contributed by atoms with Crippen LogP contribution in [0.1, 0.15) is 23.0 Å². The van der Waals surface area contributed by atoms with Gasteiger partial charge in [-0.15, -0.1) is 9.50 Å². The Morgan fingerprint density at radius 1 is 0.974 bits per heavy atom. The third kappa shape index (κ3) is 5.39. The van der Waals surface area contributed by atoms with Crippen LogP contribution in [0, 0.1) is 13.8 Å². The molecule has 11 heteroatoms. The normalized spacial score (nSPS) is 12.6. The van der Waals surface area contributed by atoms with Crippen LogP contribution < -0.4 is 21.7 Å². The minimum Gasteiger partial charge on any atom is -0.306 e. The molecule has 0 saturated heterocycles. The van der Waals surface area contributed by atoms with Gasteiger partial charge in [0.15, 0.2) is 0 Å². The number of aryl methyl sites for hydroxylation is 2. The summed E-state index contributed by atoms with van der Waals surface area (Å²) in [4.78, 5) is 21.4. The zero-order valence-corrected chi connectivity index (χ0v) is 21.3. The highest BCUT2D eigenvalue weighted by atomic mass is 19.4. The summed E-state index contributed by atoms with van der Waals surface area (Å²) >= 11 is 0. The standard InChI is InChI=1S/C28H26F3N7O/c1-17-13-21(14-18(2)34-17)23-24(20-11-7-4-8-12-20)35-26(32)37-25(23)36-38(27(37)39)22(15-33-16-28(29,30)31)19-9-5-3-6-10-19/h3-14,22,33H,15-16H2,1-2H3,(H2,32,35)/p+1. The van der Waals surface area contributed by atoms with E-state index in [9.17, 15) is 18.0 Å². The van der Waals surface area contributed by atoms with Crippen LogP contribution in [0.25, 0.3) is 28.0 Å². The van der Waals surface area contributed by atoms with Gasteiger partial charge >= 0.3 is 17.8 Å². The molecular weight excluding hydrogens is 507 g/mol. The van der Waals surface area contributed by atoms with Gasteiger partial charge in [0.05, 0.1) is 18.2 Å². The predicted octanol–water partition coefficient (Wildman–Crippen LogP) is 3.98. The Balaban J connectivity index is 1.78. The van der Waals surface area contributed by atoms with Crippen LogP contribution in [0.5, 0.6) is 0 Å². The van der Waals surface area contributed by atoms with Crippen molar-refractivity contribution < 1.29 is 18.2 Å². The Labute approximate surface area is 222 Å². The van der Waals surface area contributed by atoms with Crippen molar-refractivity contribution in [2.45, 2.75) is 26.1 Å². The number of fused-ring (bicyclic) bond motifs is 1. The van der Waals surface area contributed by atoms with Crippen LogP contribution >= 0.6 is 0 Å². The van der Waals surface area contributed by atoms with Crippen LogP contribution in [0.3, 0.4) is 0 Å². The minimum absolute atomic E-state index is 0.0430. The molecule has 3 aromatic heterocycles. The molecule has 8 nitrogen and oxygen atoms in total. The lowest BCUT2D eigenvalue weighted by atomic mass is 9.99. The first kappa shape index (κ1) is 26.1. The van der Waals surface area contributed by atoms with E-state index in [1.807, 2.05) is 56.3 Å². The number of hydrogen-bond acceptors (Lipinski definition) is 5. The summed E-state index contributed by atoms with van der Waals surface area (Å²) in [5, 5.41) is 7.14. The number of halogens is 3. The van der Waals surface area contributed by atoms with Crippen LogP contribution in [0.2, 0.25) is 0 Å². The first-order valence-electron chi connectivity index (χ1n) is 12.3. The number of alkyl halides is 3. The van der Waals surface area contributed by atoms with E-state index in [0.29, 0.717) is 16.8 Å². The lowest BCUT2D eigenvalue weighted by Gasteiger charge is -2.18. The molecule has 0 bridgehead atoms. The van der Waals surface area contributed by atoms with Crippen molar-refractivity contribution >= 4 is 11.6 Å². The molecule has 4 N–H and O–H groups in total. The maximum atomic E-state index is 13.8. The molecule has 0 saturated carbocycles. The second-order valence-corrected chi connectivity index (χ2v) is 9.32. The highest BCUT2D eigenvalue weighted by Gasteiger charge is 2.31. The van der Waals surface area contributed by atoms with Crippen molar-refractivity contribution in [3.63, 3.8) is 0 Å². The van der Waals surface area contributed by atoms with E-state index in [0.717, 1.165) is 22.5 Å². The van der Waals surface area contributed by atoms with Crippen molar-refractivity contribution in [3.05, 3.63) is 100 Å². The van der Waals surface area contributed by atoms with E-state index >= 15 is 0 Å². The molecule has 200 valence electrons. The second kappa shape index (κ2) is 10.3. The number of hydrogen-bond donors (Lipinski definition) is 2. The lowest BCUT2D eigenvalue weighted by molar-refractivity contribution is -0.351. The molecule has 2 aromatic carbocycles. The summed E-state index contributed by atoms with van der Waals surface area (Å²) in [7, 11) is 0. The van der Waals surface area contributed by atoms with Gasteiger partial charge in [-0.3, -0.25) is 10.7 Å². The van der Waals surface area contributed by atoms with Gasteiger partial charge in [-0.2, -0.15) is 17.9 Å². The first-order valence-corrected chi connectivity index (χ1v) is 12.3. The SMILES string of the molecule is Cc1cc(-c2c(-c3ccccc3)[nH+]c(N)n3c(=O)n(C(CNCC(F)(F)F)c4ccccc4)nc23)cc(C)n1. The van der Waals surface area contributed by atoms with E-state index in [1.165, 1.54) is 9.08 Å². The monoisotopic (exact) mass is 534 g/mol. The highest BCUT2D eigenvalue weighted by molar-refractivity contribution is 5.88. The van der Waals surface area contributed by atoms with Crippen LogP contribution in [-0.4, -0.2) is 38.4 Å². The number of benzene rings is 2. The molecule has 5 aromatic rings. The van der Waals surface area contributed by atoms with E-state index in [-0.39, 0.29) is 18.1 Å². The Kier molecular flexibility index (Phi) is 6.92. The number of nitrogens with two attached hydrogens (primary N) is 1. The van der Waals surface area contributed by atoms with E-state index in [4.69, 9.17) is 10.8 Å². The van der Waals surface area contributed by atoms with Gasteiger partial charge in [0.1, 0.15) is 5.69 Å². The van der Waals surface area contributed by atoms with Crippen LogP contribution in [-0.2, 0) is 0 Å². The summed E-state index contributed by atoms with van der Waals surface area (Å²) in [6.45, 7) is 2.37. The minimum atomic E-state index is -4.40. The van der Waals surface area contributed by atoms with Gasteiger partial charge in [0.2, 0.25) is 5.65 Å². The van der Waals surface area contributed by atoms with Crippen molar-refractivity contribution in [1.29, 1.82) is 0 Å². The molecule has 0 aliphatic carbocycles. The third-order valence-corrected chi connectivity index (χ3v) is 6.34. The molecule has 39 heavy (non-hydrogen) atoms. The predicted molar refractivity (Wildman–Crippen MR) is 142 cm³/mol. The maximum Gasteiger partial charge on any atom is 0.412 e. The number of aromatic amines is 1. The zero-order valence-electron chi connectivity index (χ0n) is 21.3. The van der Waals surface area contributed by atoms with Gasteiger partial charge in [-0.25, -0.2) is 9.78 Å². The van der Waals surface area contributed by atoms with Gasteiger partial charge in [-0.1, -0.05) is 60.7 Å². The Morgan fingerprint density at radius 3 is 2.21 bits per heavy atom. The average Bonchev–Trinajstić information content (AvgIpc) is 3.23. The molecule has 0 aliphatic heterocycles. The lowest BCUT2D eigenvalue weighted by Crippen LogP contribution is -2.37. The number of H-pyrrole nitrogens is 1.